The van der Waals surface area contributed by atoms with Crippen molar-refractivity contribution in [3.05, 3.63) is 163 Å². The number of hydrogen-bond acceptors (Lipinski definition) is 4. The van der Waals surface area contributed by atoms with E-state index in [1.165, 1.54) is 0 Å². The number of aryl methyl sites for hydroxylation is 1. The minimum Gasteiger partial charge on any atom is -0.460 e. The predicted octanol–water partition coefficient (Wildman–Crippen LogP) is 9.51. The SMILES string of the molecule is C=CC1=C(c2c(C)nc(-c3cccc(-c4nc5ccccc5n4-c4ccccc4)c3)nc2-c2ccccc2)OC2=CC=CCC21. The topological polar surface area (TPSA) is 52.8 Å². The van der Waals surface area contributed by atoms with Crippen LogP contribution in [0.25, 0.3) is 56.5 Å². The molecule has 0 fully saturated rings. The molecule has 4 aromatic carbocycles. The van der Waals surface area contributed by atoms with Crippen molar-refractivity contribution in [2.45, 2.75) is 13.3 Å². The van der Waals surface area contributed by atoms with Crippen molar-refractivity contribution in [2.75, 3.05) is 0 Å². The van der Waals surface area contributed by atoms with Crippen LogP contribution in [0.4, 0.5) is 0 Å². The maximum atomic E-state index is 6.53. The fourth-order valence-corrected chi connectivity index (χ4v) is 6.39. The van der Waals surface area contributed by atoms with Gasteiger partial charge in [-0.3, -0.25) is 4.57 Å². The number of rotatable bonds is 6. The van der Waals surface area contributed by atoms with E-state index in [1.54, 1.807) is 0 Å². The summed E-state index contributed by atoms with van der Waals surface area (Å²) in [5, 5.41) is 0. The van der Waals surface area contributed by atoms with Gasteiger partial charge in [-0.2, -0.15) is 0 Å². The summed E-state index contributed by atoms with van der Waals surface area (Å²) in [5.74, 6) is 3.41. The fraction of sp³-hybridized carbons (Fsp3) is 0.0750. The highest BCUT2D eigenvalue weighted by molar-refractivity contribution is 5.85. The third kappa shape index (κ3) is 4.61. The van der Waals surface area contributed by atoms with Crippen LogP contribution in [0, 0.1) is 12.8 Å². The lowest BCUT2D eigenvalue weighted by Gasteiger charge is -2.16. The molecule has 0 amide bonds. The van der Waals surface area contributed by atoms with E-state index in [-0.39, 0.29) is 5.92 Å². The van der Waals surface area contributed by atoms with Crippen LogP contribution in [0.5, 0.6) is 0 Å². The van der Waals surface area contributed by atoms with Crippen molar-refractivity contribution < 1.29 is 4.74 Å². The monoisotopic (exact) mass is 582 g/mol. The van der Waals surface area contributed by atoms with Gasteiger partial charge in [0, 0.05) is 33.9 Å². The van der Waals surface area contributed by atoms with Gasteiger partial charge in [0.2, 0.25) is 0 Å². The lowest BCUT2D eigenvalue weighted by Crippen LogP contribution is -2.04. The van der Waals surface area contributed by atoms with E-state index in [0.717, 1.165) is 79.7 Å². The van der Waals surface area contributed by atoms with Gasteiger partial charge in [-0.1, -0.05) is 104 Å². The van der Waals surface area contributed by atoms with Gasteiger partial charge in [0.05, 0.1) is 28.0 Å². The second kappa shape index (κ2) is 11.0. The quantitative estimate of drug-likeness (QED) is 0.196. The average molecular weight is 583 g/mol. The zero-order valence-corrected chi connectivity index (χ0v) is 24.9. The molecule has 1 aliphatic carbocycles. The van der Waals surface area contributed by atoms with E-state index in [4.69, 9.17) is 19.7 Å². The molecule has 216 valence electrons. The van der Waals surface area contributed by atoms with E-state index >= 15 is 0 Å². The molecule has 0 bridgehead atoms. The minimum absolute atomic E-state index is 0.158. The molecule has 0 radical (unpaired) electrons. The lowest BCUT2D eigenvalue weighted by atomic mass is 9.90. The molecule has 3 heterocycles. The van der Waals surface area contributed by atoms with Gasteiger partial charge in [0.1, 0.15) is 17.3 Å². The number of allylic oxidation sites excluding steroid dienone is 5. The molecule has 8 rings (SSSR count). The van der Waals surface area contributed by atoms with Gasteiger partial charge in [-0.25, -0.2) is 15.0 Å². The van der Waals surface area contributed by atoms with Crippen molar-refractivity contribution >= 4 is 16.8 Å². The molecule has 0 spiro atoms. The summed E-state index contributed by atoms with van der Waals surface area (Å²) in [6.07, 6.45) is 9.08. The Labute approximate surface area is 262 Å². The van der Waals surface area contributed by atoms with E-state index in [9.17, 15) is 0 Å². The Kier molecular flexibility index (Phi) is 6.57. The molecule has 5 heteroatoms. The van der Waals surface area contributed by atoms with E-state index < -0.39 is 0 Å². The molecule has 6 aromatic rings. The first-order chi connectivity index (χ1) is 22.2. The molecule has 0 N–H and O–H groups in total. The second-order valence-electron chi connectivity index (χ2n) is 11.3. The van der Waals surface area contributed by atoms with Crippen LogP contribution in [0.2, 0.25) is 0 Å². The zero-order chi connectivity index (χ0) is 30.3. The smallest absolute Gasteiger partial charge is 0.160 e. The van der Waals surface area contributed by atoms with Gasteiger partial charge in [-0.15, -0.1) is 0 Å². The maximum absolute atomic E-state index is 6.53. The summed E-state index contributed by atoms with van der Waals surface area (Å²) >= 11 is 0. The van der Waals surface area contributed by atoms with Crippen LogP contribution in [-0.4, -0.2) is 19.5 Å². The molecule has 1 aliphatic heterocycles. The normalized spacial score (nSPS) is 15.6. The van der Waals surface area contributed by atoms with Gasteiger partial charge in [0.25, 0.3) is 0 Å². The number of hydrogen-bond donors (Lipinski definition) is 0. The molecule has 1 atom stereocenters. The third-order valence-corrected chi connectivity index (χ3v) is 8.51. The van der Waals surface area contributed by atoms with Gasteiger partial charge in [0.15, 0.2) is 5.82 Å². The van der Waals surface area contributed by atoms with Crippen LogP contribution >= 0.6 is 0 Å². The van der Waals surface area contributed by atoms with Crippen molar-refractivity contribution in [1.29, 1.82) is 0 Å². The Bertz CT molecular complexity index is 2190. The van der Waals surface area contributed by atoms with Gasteiger partial charge >= 0.3 is 0 Å². The summed E-state index contributed by atoms with van der Waals surface area (Å²) in [5.41, 5.74) is 9.62. The van der Waals surface area contributed by atoms with Gasteiger partial charge in [-0.05, 0) is 49.8 Å². The first kappa shape index (κ1) is 26.8. The average Bonchev–Trinajstić information content (AvgIpc) is 3.67. The van der Waals surface area contributed by atoms with Crippen molar-refractivity contribution in [1.82, 2.24) is 19.5 Å². The summed E-state index contributed by atoms with van der Waals surface area (Å²) in [4.78, 5) is 15.4. The molecular weight excluding hydrogens is 552 g/mol. The Morgan fingerprint density at radius 2 is 1.53 bits per heavy atom. The number of benzene rings is 4. The maximum Gasteiger partial charge on any atom is 0.160 e. The number of para-hydroxylation sites is 3. The highest BCUT2D eigenvalue weighted by Crippen LogP contribution is 2.46. The van der Waals surface area contributed by atoms with Crippen LogP contribution in [0.3, 0.4) is 0 Å². The third-order valence-electron chi connectivity index (χ3n) is 8.51. The molecule has 2 aliphatic rings. The number of ether oxygens (including phenoxy) is 1. The first-order valence-electron chi connectivity index (χ1n) is 15.2. The molecule has 5 nitrogen and oxygen atoms in total. The zero-order valence-electron chi connectivity index (χ0n) is 24.9. The summed E-state index contributed by atoms with van der Waals surface area (Å²) in [6, 6.07) is 37.2. The number of aromatic nitrogens is 4. The number of nitrogens with zero attached hydrogens (tertiary/aromatic N) is 4. The Balaban J connectivity index is 1.30. The van der Waals surface area contributed by atoms with Crippen molar-refractivity contribution in [3.8, 4) is 39.7 Å². The van der Waals surface area contributed by atoms with E-state index in [2.05, 4.69) is 102 Å². The molecule has 45 heavy (non-hydrogen) atoms. The Morgan fingerprint density at radius 3 is 2.36 bits per heavy atom. The first-order valence-corrected chi connectivity index (χ1v) is 15.2. The van der Waals surface area contributed by atoms with Crippen LogP contribution in [0.15, 0.2) is 151 Å². The van der Waals surface area contributed by atoms with Crippen LogP contribution in [0.1, 0.15) is 17.7 Å². The minimum atomic E-state index is 0.158. The molecule has 0 saturated heterocycles. The predicted molar refractivity (Wildman–Crippen MR) is 181 cm³/mol. The summed E-state index contributed by atoms with van der Waals surface area (Å²) < 4.78 is 8.74. The number of fused-ring (bicyclic) bond motifs is 2. The number of imidazole rings is 1. The second-order valence-corrected chi connectivity index (χ2v) is 11.3. The fourth-order valence-electron chi connectivity index (χ4n) is 6.39. The highest BCUT2D eigenvalue weighted by Gasteiger charge is 2.34. The summed E-state index contributed by atoms with van der Waals surface area (Å²) in [6.45, 7) is 6.19. The summed E-state index contributed by atoms with van der Waals surface area (Å²) in [7, 11) is 0. The molecule has 2 aromatic heterocycles. The standard InChI is InChI=1S/C40H30N4O/c1-3-31-32-21-10-13-24-35(32)45-38(31)36-26(2)41-39(43-37(36)27-15-6-4-7-16-27)28-17-14-18-29(25-28)40-42-33-22-11-12-23-34(33)44(40)30-19-8-5-9-20-30/h3-20,22-25,32H,1,21H2,2H3. The molecule has 0 saturated carbocycles. The Morgan fingerprint density at radius 1 is 0.800 bits per heavy atom. The highest BCUT2D eigenvalue weighted by atomic mass is 16.5. The van der Waals surface area contributed by atoms with E-state index in [0.29, 0.717) is 5.82 Å². The molecular formula is C40H30N4O. The Hall–Kier alpha value is -5.81. The largest absolute Gasteiger partial charge is 0.460 e. The van der Waals surface area contributed by atoms with E-state index in [1.807, 2.05) is 49.4 Å². The van der Waals surface area contributed by atoms with Crippen LogP contribution < -0.4 is 0 Å². The van der Waals surface area contributed by atoms with Crippen molar-refractivity contribution in [3.63, 3.8) is 0 Å². The lowest BCUT2D eigenvalue weighted by molar-refractivity contribution is 0.365. The van der Waals surface area contributed by atoms with Crippen LogP contribution in [-0.2, 0) is 4.74 Å². The van der Waals surface area contributed by atoms with Gasteiger partial charge < -0.3 is 4.74 Å². The molecule has 1 unspecified atom stereocenters. The van der Waals surface area contributed by atoms with Crippen molar-refractivity contribution in [2.24, 2.45) is 5.92 Å².